The molecule has 0 aliphatic heterocycles. The first-order valence-corrected chi connectivity index (χ1v) is 6.82. The third kappa shape index (κ3) is 3.33. The molecule has 1 aromatic rings. The number of aryl methyl sites for hydroxylation is 1. The molecule has 0 saturated heterocycles. The molecule has 1 N–H and O–H groups in total. The molecule has 1 unspecified atom stereocenters. The third-order valence-electron chi connectivity index (χ3n) is 3.29. The van der Waals surface area contributed by atoms with Crippen molar-refractivity contribution < 1.29 is 5.11 Å². The van der Waals surface area contributed by atoms with Crippen LogP contribution in [0.4, 0.5) is 0 Å². The second kappa shape index (κ2) is 6.41. The van der Waals surface area contributed by atoms with Crippen LogP contribution in [0.25, 0.3) is 0 Å². The fraction of sp³-hybridized carbons (Fsp3) is 0.571. The van der Waals surface area contributed by atoms with Crippen molar-refractivity contribution in [3.8, 4) is 0 Å². The number of rotatable bonds is 5. The van der Waals surface area contributed by atoms with Gasteiger partial charge in [-0.1, -0.05) is 60.8 Å². The maximum atomic E-state index is 10.2. The Labute approximate surface area is 107 Å². The van der Waals surface area contributed by atoms with Gasteiger partial charge in [-0.2, -0.15) is 0 Å². The Morgan fingerprint density at radius 1 is 1.25 bits per heavy atom. The Kier molecular flexibility index (Phi) is 5.50. The van der Waals surface area contributed by atoms with Gasteiger partial charge in [0, 0.05) is 4.47 Å². The minimum atomic E-state index is -0.348. The highest BCUT2D eigenvalue weighted by molar-refractivity contribution is 9.10. The van der Waals surface area contributed by atoms with Gasteiger partial charge < -0.3 is 5.11 Å². The highest BCUT2D eigenvalue weighted by atomic mass is 79.9. The summed E-state index contributed by atoms with van der Waals surface area (Å²) in [6.07, 6.45) is 2.78. The van der Waals surface area contributed by atoms with E-state index in [4.69, 9.17) is 0 Å². The largest absolute Gasteiger partial charge is 0.388 e. The molecule has 0 fully saturated rings. The second-order valence-electron chi connectivity index (χ2n) is 4.41. The van der Waals surface area contributed by atoms with Gasteiger partial charge in [-0.3, -0.25) is 0 Å². The summed E-state index contributed by atoms with van der Waals surface area (Å²) in [6.45, 7) is 6.43. The third-order valence-corrected chi connectivity index (χ3v) is 4.38. The van der Waals surface area contributed by atoms with E-state index in [1.165, 1.54) is 5.56 Å². The molecule has 0 spiro atoms. The zero-order chi connectivity index (χ0) is 12.1. The summed E-state index contributed by atoms with van der Waals surface area (Å²) in [7, 11) is 0. The van der Waals surface area contributed by atoms with E-state index in [0.29, 0.717) is 5.92 Å². The van der Waals surface area contributed by atoms with Crippen molar-refractivity contribution in [3.05, 3.63) is 33.8 Å². The second-order valence-corrected chi connectivity index (χ2v) is 5.21. The Hall–Kier alpha value is -0.340. The van der Waals surface area contributed by atoms with E-state index >= 15 is 0 Å². The van der Waals surface area contributed by atoms with E-state index < -0.39 is 0 Å². The molecule has 1 atom stereocenters. The highest BCUT2D eigenvalue weighted by Gasteiger charge is 2.16. The molecule has 0 bridgehead atoms. The maximum absolute atomic E-state index is 10.2. The highest BCUT2D eigenvalue weighted by Crippen LogP contribution is 2.31. The standard InChI is InChI=1S/C14H21BrO/c1-4-11(5-2)9-13(16)12-8-6-7-10(3)14(12)15/h6-8,11,13,16H,4-5,9H2,1-3H3. The number of aliphatic hydroxyl groups is 1. The minimum absolute atomic E-state index is 0.348. The molecule has 16 heavy (non-hydrogen) atoms. The zero-order valence-electron chi connectivity index (χ0n) is 10.3. The zero-order valence-corrected chi connectivity index (χ0v) is 11.9. The van der Waals surface area contributed by atoms with Crippen molar-refractivity contribution in [1.82, 2.24) is 0 Å². The first-order valence-electron chi connectivity index (χ1n) is 6.03. The van der Waals surface area contributed by atoms with Crippen LogP contribution >= 0.6 is 15.9 Å². The van der Waals surface area contributed by atoms with Crippen molar-refractivity contribution in [2.24, 2.45) is 5.92 Å². The summed E-state index contributed by atoms with van der Waals surface area (Å²) in [5, 5.41) is 10.2. The lowest BCUT2D eigenvalue weighted by atomic mass is 9.92. The molecule has 1 nitrogen and oxygen atoms in total. The van der Waals surface area contributed by atoms with Crippen LogP contribution in [-0.4, -0.2) is 5.11 Å². The van der Waals surface area contributed by atoms with Gasteiger partial charge >= 0.3 is 0 Å². The number of hydrogen-bond donors (Lipinski definition) is 1. The van der Waals surface area contributed by atoms with E-state index in [-0.39, 0.29) is 6.10 Å². The molecule has 0 amide bonds. The predicted octanol–water partition coefficient (Wildman–Crippen LogP) is 4.62. The quantitative estimate of drug-likeness (QED) is 0.837. The van der Waals surface area contributed by atoms with Gasteiger partial charge in [0.1, 0.15) is 0 Å². The first-order chi connectivity index (χ1) is 7.60. The van der Waals surface area contributed by atoms with Gasteiger partial charge in [0.15, 0.2) is 0 Å². The molecule has 0 radical (unpaired) electrons. The molecular weight excluding hydrogens is 264 g/mol. The van der Waals surface area contributed by atoms with Crippen molar-refractivity contribution >= 4 is 15.9 Å². The van der Waals surface area contributed by atoms with Crippen LogP contribution in [-0.2, 0) is 0 Å². The van der Waals surface area contributed by atoms with Gasteiger partial charge in [0.05, 0.1) is 6.10 Å². The average molecular weight is 285 g/mol. The molecule has 0 heterocycles. The topological polar surface area (TPSA) is 20.2 Å². The van der Waals surface area contributed by atoms with E-state index in [9.17, 15) is 5.11 Å². The van der Waals surface area contributed by atoms with Crippen molar-refractivity contribution in [2.45, 2.75) is 46.1 Å². The van der Waals surface area contributed by atoms with Crippen molar-refractivity contribution in [3.63, 3.8) is 0 Å². The number of aliphatic hydroxyl groups excluding tert-OH is 1. The van der Waals surface area contributed by atoms with E-state index in [1.54, 1.807) is 0 Å². The van der Waals surface area contributed by atoms with Crippen LogP contribution in [0.15, 0.2) is 22.7 Å². The summed E-state index contributed by atoms with van der Waals surface area (Å²) >= 11 is 3.55. The van der Waals surface area contributed by atoms with E-state index in [1.807, 2.05) is 12.1 Å². The molecular formula is C14H21BrO. The molecule has 0 aliphatic carbocycles. The monoisotopic (exact) mass is 284 g/mol. The lowest BCUT2D eigenvalue weighted by molar-refractivity contribution is 0.140. The van der Waals surface area contributed by atoms with Gasteiger partial charge in [0.25, 0.3) is 0 Å². The number of benzene rings is 1. The number of halogens is 1. The summed E-state index contributed by atoms with van der Waals surface area (Å²) in [6, 6.07) is 6.06. The Bertz CT molecular complexity index is 332. The molecule has 0 aliphatic rings. The lowest BCUT2D eigenvalue weighted by Crippen LogP contribution is -2.07. The Morgan fingerprint density at radius 3 is 2.44 bits per heavy atom. The van der Waals surface area contributed by atoms with Crippen LogP contribution in [0.5, 0.6) is 0 Å². The summed E-state index contributed by atoms with van der Waals surface area (Å²) in [5.74, 6) is 0.613. The average Bonchev–Trinajstić information content (AvgIpc) is 2.29. The lowest BCUT2D eigenvalue weighted by Gasteiger charge is -2.19. The van der Waals surface area contributed by atoms with Crippen LogP contribution in [0.2, 0.25) is 0 Å². The van der Waals surface area contributed by atoms with Crippen molar-refractivity contribution in [2.75, 3.05) is 0 Å². The maximum Gasteiger partial charge on any atom is 0.0803 e. The molecule has 1 aromatic carbocycles. The van der Waals surface area contributed by atoms with Crippen LogP contribution in [0.1, 0.15) is 50.3 Å². The summed E-state index contributed by atoms with van der Waals surface area (Å²) < 4.78 is 1.05. The van der Waals surface area contributed by atoms with E-state index in [0.717, 1.165) is 29.3 Å². The molecule has 2 heteroatoms. The summed E-state index contributed by atoms with van der Waals surface area (Å²) in [5.41, 5.74) is 2.20. The van der Waals surface area contributed by atoms with Gasteiger partial charge in [-0.25, -0.2) is 0 Å². The molecule has 1 rings (SSSR count). The van der Waals surface area contributed by atoms with Gasteiger partial charge in [-0.15, -0.1) is 0 Å². The fourth-order valence-electron chi connectivity index (χ4n) is 1.99. The van der Waals surface area contributed by atoms with Crippen LogP contribution < -0.4 is 0 Å². The fourth-order valence-corrected chi connectivity index (χ4v) is 2.52. The molecule has 0 saturated carbocycles. The first kappa shape index (κ1) is 13.7. The van der Waals surface area contributed by atoms with Crippen LogP contribution in [0.3, 0.4) is 0 Å². The minimum Gasteiger partial charge on any atom is -0.388 e. The SMILES string of the molecule is CCC(CC)CC(O)c1cccc(C)c1Br. The van der Waals surface area contributed by atoms with Gasteiger partial charge in [0.2, 0.25) is 0 Å². The smallest absolute Gasteiger partial charge is 0.0803 e. The predicted molar refractivity (Wildman–Crippen MR) is 72.5 cm³/mol. The molecule has 0 aromatic heterocycles. The van der Waals surface area contributed by atoms with Gasteiger partial charge in [-0.05, 0) is 30.4 Å². The molecule has 90 valence electrons. The normalized spacial score (nSPS) is 13.1. The Balaban J connectivity index is 2.80. The van der Waals surface area contributed by atoms with E-state index in [2.05, 4.69) is 42.8 Å². The summed E-state index contributed by atoms with van der Waals surface area (Å²) in [4.78, 5) is 0. The van der Waals surface area contributed by atoms with Crippen LogP contribution in [0, 0.1) is 12.8 Å². The van der Waals surface area contributed by atoms with Crippen molar-refractivity contribution in [1.29, 1.82) is 0 Å². The Morgan fingerprint density at radius 2 is 1.88 bits per heavy atom. The number of hydrogen-bond acceptors (Lipinski definition) is 1.